The van der Waals surface area contributed by atoms with Crippen LogP contribution in [0.15, 0.2) is 53.7 Å². The molecule has 3 aromatic rings. The lowest BCUT2D eigenvalue weighted by Crippen LogP contribution is -2.44. The predicted molar refractivity (Wildman–Crippen MR) is 138 cm³/mol. The number of rotatable bonds is 8. The van der Waals surface area contributed by atoms with Gasteiger partial charge in [-0.05, 0) is 61.6 Å². The molecule has 1 aromatic heterocycles. The van der Waals surface area contributed by atoms with Gasteiger partial charge in [-0.25, -0.2) is 0 Å². The van der Waals surface area contributed by atoms with Gasteiger partial charge in [0.1, 0.15) is 5.75 Å². The van der Waals surface area contributed by atoms with E-state index in [9.17, 15) is 4.79 Å². The van der Waals surface area contributed by atoms with Gasteiger partial charge in [0, 0.05) is 17.3 Å². The molecule has 0 spiro atoms. The highest BCUT2D eigenvalue weighted by atomic mass is 35.5. The van der Waals surface area contributed by atoms with Crippen molar-refractivity contribution in [3.63, 3.8) is 0 Å². The number of nitrogens with one attached hydrogen (secondary N) is 1. The SMILES string of the molecule is CCOc1ccc(-n2c(SCC(=O)N[C@H]3CCC[C@@H](C)[C@@H]3C)nnc2-c2ccccc2Cl)cc1. The zero-order chi connectivity index (χ0) is 24.1. The topological polar surface area (TPSA) is 69.0 Å². The lowest BCUT2D eigenvalue weighted by molar-refractivity contribution is -0.120. The van der Waals surface area contributed by atoms with Crippen LogP contribution in [-0.2, 0) is 4.79 Å². The maximum absolute atomic E-state index is 12.8. The number of carbonyl (C=O) groups is 1. The number of nitrogens with zero attached hydrogens (tertiary/aromatic N) is 3. The maximum Gasteiger partial charge on any atom is 0.230 e. The van der Waals surface area contributed by atoms with Gasteiger partial charge in [-0.2, -0.15) is 0 Å². The Bertz CT molecular complexity index is 1120. The third kappa shape index (κ3) is 5.58. The monoisotopic (exact) mass is 498 g/mol. The first-order valence-electron chi connectivity index (χ1n) is 11.8. The van der Waals surface area contributed by atoms with Crippen LogP contribution in [0.3, 0.4) is 0 Å². The summed E-state index contributed by atoms with van der Waals surface area (Å²) >= 11 is 7.86. The molecule has 1 saturated carbocycles. The molecule has 1 fully saturated rings. The van der Waals surface area contributed by atoms with Gasteiger partial charge in [-0.1, -0.05) is 62.2 Å². The van der Waals surface area contributed by atoms with Crippen molar-refractivity contribution in [3.05, 3.63) is 53.6 Å². The van der Waals surface area contributed by atoms with Crippen LogP contribution in [0.2, 0.25) is 5.02 Å². The van der Waals surface area contributed by atoms with Crippen molar-refractivity contribution < 1.29 is 9.53 Å². The first-order chi connectivity index (χ1) is 16.5. The number of aromatic nitrogens is 3. The first-order valence-corrected chi connectivity index (χ1v) is 13.2. The van der Waals surface area contributed by atoms with Crippen LogP contribution in [0.25, 0.3) is 17.1 Å². The Hall–Kier alpha value is -2.51. The minimum Gasteiger partial charge on any atom is -0.494 e. The lowest BCUT2D eigenvalue weighted by Gasteiger charge is -2.34. The summed E-state index contributed by atoms with van der Waals surface area (Å²) in [5, 5.41) is 13.3. The molecule has 1 amide bonds. The van der Waals surface area contributed by atoms with Gasteiger partial charge >= 0.3 is 0 Å². The highest BCUT2D eigenvalue weighted by Gasteiger charge is 2.28. The second-order valence-electron chi connectivity index (χ2n) is 8.78. The molecular formula is C26H31ClN4O2S. The highest BCUT2D eigenvalue weighted by molar-refractivity contribution is 7.99. The molecule has 6 nitrogen and oxygen atoms in total. The van der Waals surface area contributed by atoms with Crippen molar-refractivity contribution in [1.82, 2.24) is 20.1 Å². The Labute approximate surface area is 210 Å². The van der Waals surface area contributed by atoms with Crippen LogP contribution in [-0.4, -0.2) is 39.1 Å². The summed E-state index contributed by atoms with van der Waals surface area (Å²) in [6, 6.07) is 15.6. The molecule has 8 heteroatoms. The Balaban J connectivity index is 1.57. The zero-order valence-corrected chi connectivity index (χ0v) is 21.4. The molecule has 0 saturated heterocycles. The van der Waals surface area contributed by atoms with Crippen molar-refractivity contribution in [1.29, 1.82) is 0 Å². The van der Waals surface area contributed by atoms with Gasteiger partial charge < -0.3 is 10.1 Å². The quantitative estimate of drug-likeness (QED) is 0.384. The summed E-state index contributed by atoms with van der Waals surface area (Å²) < 4.78 is 7.53. The average molecular weight is 499 g/mol. The van der Waals surface area contributed by atoms with E-state index in [1.165, 1.54) is 18.2 Å². The van der Waals surface area contributed by atoms with E-state index in [0.29, 0.717) is 34.4 Å². The standard InChI is InChI=1S/C26H31ClN4O2S/c1-4-33-20-14-12-19(13-15-20)31-25(21-9-5-6-10-22(21)27)29-30-26(31)34-16-24(32)28-23-11-7-8-17(2)18(23)3/h5-6,9-10,12-15,17-18,23H,4,7-8,11,16H2,1-3H3,(H,28,32)/t17-,18+,23+/m1/s1. The van der Waals surface area contributed by atoms with E-state index in [-0.39, 0.29) is 17.7 Å². The fourth-order valence-electron chi connectivity index (χ4n) is 4.44. The van der Waals surface area contributed by atoms with Crippen LogP contribution in [0, 0.1) is 11.8 Å². The van der Waals surface area contributed by atoms with Crippen LogP contribution in [0.5, 0.6) is 5.75 Å². The van der Waals surface area contributed by atoms with Gasteiger partial charge in [0.25, 0.3) is 0 Å². The van der Waals surface area contributed by atoms with Gasteiger partial charge in [-0.3, -0.25) is 9.36 Å². The third-order valence-corrected chi connectivity index (χ3v) is 7.80. The molecule has 1 aliphatic carbocycles. The normalized spacial score (nSPS) is 20.2. The van der Waals surface area contributed by atoms with Crippen molar-refractivity contribution >= 4 is 29.3 Å². The molecule has 1 N–H and O–H groups in total. The summed E-state index contributed by atoms with van der Waals surface area (Å²) in [5.74, 6) is 2.84. The number of hydrogen-bond donors (Lipinski definition) is 1. The number of amides is 1. The molecule has 0 aliphatic heterocycles. The number of thioether (sulfide) groups is 1. The first kappa shape index (κ1) is 24.6. The maximum atomic E-state index is 12.8. The van der Waals surface area contributed by atoms with Crippen LogP contribution >= 0.6 is 23.4 Å². The summed E-state index contributed by atoms with van der Waals surface area (Å²) in [6.45, 7) is 7.07. The summed E-state index contributed by atoms with van der Waals surface area (Å²) in [5.41, 5.74) is 1.66. The van der Waals surface area contributed by atoms with Gasteiger partial charge in [0.05, 0.1) is 17.4 Å². The number of halogens is 1. The van der Waals surface area contributed by atoms with Crippen LogP contribution in [0.4, 0.5) is 0 Å². The van der Waals surface area contributed by atoms with E-state index in [1.807, 2.05) is 60.0 Å². The fraction of sp³-hybridized carbons (Fsp3) is 0.423. The van der Waals surface area contributed by atoms with Gasteiger partial charge in [0.2, 0.25) is 5.91 Å². The summed E-state index contributed by atoms with van der Waals surface area (Å²) in [6.07, 6.45) is 3.44. The molecule has 0 bridgehead atoms. The molecule has 2 aromatic carbocycles. The highest BCUT2D eigenvalue weighted by Crippen LogP contribution is 2.33. The van der Waals surface area contributed by atoms with Crippen molar-refractivity contribution in [2.45, 2.75) is 51.2 Å². The number of hydrogen-bond acceptors (Lipinski definition) is 5. The number of carbonyl (C=O) groups excluding carboxylic acids is 1. The average Bonchev–Trinajstić information content (AvgIpc) is 3.25. The van der Waals surface area contributed by atoms with Crippen molar-refractivity contribution in [2.75, 3.05) is 12.4 Å². The van der Waals surface area contributed by atoms with E-state index in [0.717, 1.165) is 29.8 Å². The Morgan fingerprint density at radius 3 is 2.65 bits per heavy atom. The number of ether oxygens (including phenoxy) is 1. The smallest absolute Gasteiger partial charge is 0.230 e. The fourth-order valence-corrected chi connectivity index (χ4v) is 5.42. The molecule has 0 unspecified atom stereocenters. The van der Waals surface area contributed by atoms with E-state index in [2.05, 4.69) is 29.4 Å². The van der Waals surface area contributed by atoms with Gasteiger partial charge in [-0.15, -0.1) is 10.2 Å². The Kier molecular flexibility index (Phi) is 8.16. The van der Waals surface area contributed by atoms with E-state index >= 15 is 0 Å². The second-order valence-corrected chi connectivity index (χ2v) is 10.1. The molecule has 4 rings (SSSR count). The van der Waals surface area contributed by atoms with Crippen molar-refractivity contribution in [2.24, 2.45) is 11.8 Å². The summed E-state index contributed by atoms with van der Waals surface area (Å²) in [4.78, 5) is 12.8. The van der Waals surface area contributed by atoms with E-state index in [4.69, 9.17) is 16.3 Å². The zero-order valence-electron chi connectivity index (χ0n) is 19.8. The predicted octanol–water partition coefficient (Wildman–Crippen LogP) is 6.02. The Morgan fingerprint density at radius 2 is 1.91 bits per heavy atom. The lowest BCUT2D eigenvalue weighted by atomic mass is 9.78. The van der Waals surface area contributed by atoms with Gasteiger partial charge in [0.15, 0.2) is 11.0 Å². The minimum absolute atomic E-state index is 0.0245. The van der Waals surface area contributed by atoms with E-state index in [1.54, 1.807) is 0 Å². The molecule has 1 aliphatic rings. The molecule has 3 atom stereocenters. The molecule has 0 radical (unpaired) electrons. The molecule has 1 heterocycles. The van der Waals surface area contributed by atoms with Crippen LogP contribution in [0.1, 0.15) is 40.0 Å². The second kappa shape index (κ2) is 11.3. The molecule has 34 heavy (non-hydrogen) atoms. The number of benzene rings is 2. The van der Waals surface area contributed by atoms with E-state index < -0.39 is 0 Å². The Morgan fingerprint density at radius 1 is 1.15 bits per heavy atom. The molecular weight excluding hydrogens is 468 g/mol. The third-order valence-electron chi connectivity index (χ3n) is 6.54. The molecule has 180 valence electrons. The van der Waals surface area contributed by atoms with Crippen LogP contribution < -0.4 is 10.1 Å². The largest absolute Gasteiger partial charge is 0.494 e. The minimum atomic E-state index is 0.0245. The summed E-state index contributed by atoms with van der Waals surface area (Å²) in [7, 11) is 0. The van der Waals surface area contributed by atoms with Crippen molar-refractivity contribution in [3.8, 4) is 22.8 Å².